The highest BCUT2D eigenvalue weighted by Crippen LogP contribution is 2.26. The van der Waals surface area contributed by atoms with Crippen LogP contribution >= 0.6 is 23.1 Å². The molecule has 3 nitrogen and oxygen atoms in total. The number of anilines is 1. The fourth-order valence-corrected chi connectivity index (χ4v) is 3.80. The minimum absolute atomic E-state index is 0.455. The number of fused-ring (bicyclic) bond motifs is 1. The van der Waals surface area contributed by atoms with Gasteiger partial charge in [0.25, 0.3) is 0 Å². The first-order chi connectivity index (χ1) is 9.22. The van der Waals surface area contributed by atoms with Crippen LogP contribution in [0.2, 0.25) is 0 Å². The largest absolute Gasteiger partial charge is 0.335 e. The number of aliphatic imine (C=N–C) groups is 1. The zero-order valence-electron chi connectivity index (χ0n) is 11.1. The van der Waals surface area contributed by atoms with Crippen molar-refractivity contribution in [2.75, 3.05) is 11.1 Å². The van der Waals surface area contributed by atoms with Gasteiger partial charge in [-0.05, 0) is 30.5 Å². The molecule has 5 heteroatoms. The third-order valence-electron chi connectivity index (χ3n) is 3.29. The summed E-state index contributed by atoms with van der Waals surface area (Å²) in [5.74, 6) is 1.76. The summed E-state index contributed by atoms with van der Waals surface area (Å²) in [6.45, 7) is 4.48. The predicted octanol–water partition coefficient (Wildman–Crippen LogP) is 4.23. The SMILES string of the molecule is CC(C)C1CCSC(Nc2ccc3ncsc3c2)=N1. The van der Waals surface area contributed by atoms with Crippen molar-refractivity contribution in [3.8, 4) is 0 Å². The van der Waals surface area contributed by atoms with Crippen molar-refractivity contribution in [1.29, 1.82) is 0 Å². The van der Waals surface area contributed by atoms with E-state index in [1.165, 1.54) is 11.1 Å². The van der Waals surface area contributed by atoms with Crippen LogP contribution in [0.25, 0.3) is 10.2 Å². The van der Waals surface area contributed by atoms with Gasteiger partial charge >= 0.3 is 0 Å². The number of rotatable bonds is 2. The van der Waals surface area contributed by atoms with Gasteiger partial charge in [0, 0.05) is 11.4 Å². The number of thiazole rings is 1. The van der Waals surface area contributed by atoms with E-state index in [2.05, 4.69) is 42.3 Å². The molecule has 1 aromatic heterocycles. The van der Waals surface area contributed by atoms with Crippen molar-refractivity contribution in [2.45, 2.75) is 26.3 Å². The molecule has 1 atom stereocenters. The number of aromatic nitrogens is 1. The van der Waals surface area contributed by atoms with Gasteiger partial charge in [0.15, 0.2) is 5.17 Å². The van der Waals surface area contributed by atoms with Gasteiger partial charge in [-0.25, -0.2) is 4.98 Å². The second-order valence-corrected chi connectivity index (χ2v) is 7.01. The van der Waals surface area contributed by atoms with E-state index in [1.807, 2.05) is 17.3 Å². The van der Waals surface area contributed by atoms with Crippen LogP contribution in [0.5, 0.6) is 0 Å². The summed E-state index contributed by atoms with van der Waals surface area (Å²) in [4.78, 5) is 9.10. The lowest BCUT2D eigenvalue weighted by Crippen LogP contribution is -2.23. The van der Waals surface area contributed by atoms with Crippen LogP contribution in [0.4, 0.5) is 5.69 Å². The summed E-state index contributed by atoms with van der Waals surface area (Å²) in [5, 5.41) is 4.49. The van der Waals surface area contributed by atoms with Gasteiger partial charge in [-0.1, -0.05) is 25.6 Å². The number of hydrogen-bond acceptors (Lipinski definition) is 5. The van der Waals surface area contributed by atoms with Crippen LogP contribution in [0, 0.1) is 5.92 Å². The number of hydrogen-bond donors (Lipinski definition) is 1. The van der Waals surface area contributed by atoms with E-state index in [0.29, 0.717) is 12.0 Å². The van der Waals surface area contributed by atoms with Crippen LogP contribution in [0.1, 0.15) is 20.3 Å². The first kappa shape index (κ1) is 12.9. The van der Waals surface area contributed by atoms with Crippen molar-refractivity contribution in [3.63, 3.8) is 0 Å². The van der Waals surface area contributed by atoms with Crippen molar-refractivity contribution >= 4 is 44.2 Å². The highest BCUT2D eigenvalue weighted by atomic mass is 32.2. The number of benzene rings is 1. The Morgan fingerprint density at radius 1 is 1.37 bits per heavy atom. The van der Waals surface area contributed by atoms with E-state index in [0.717, 1.165) is 22.1 Å². The van der Waals surface area contributed by atoms with Crippen molar-refractivity contribution < 1.29 is 0 Å². The van der Waals surface area contributed by atoms with E-state index in [9.17, 15) is 0 Å². The van der Waals surface area contributed by atoms with E-state index in [-0.39, 0.29) is 0 Å². The Labute approximate surface area is 121 Å². The maximum Gasteiger partial charge on any atom is 0.161 e. The lowest BCUT2D eigenvalue weighted by Gasteiger charge is -2.23. The summed E-state index contributed by atoms with van der Waals surface area (Å²) >= 11 is 3.48. The molecule has 1 unspecified atom stereocenters. The summed E-state index contributed by atoms with van der Waals surface area (Å²) in [6, 6.07) is 6.73. The normalized spacial score (nSPS) is 19.7. The molecule has 3 rings (SSSR count). The van der Waals surface area contributed by atoms with E-state index < -0.39 is 0 Å². The Balaban J connectivity index is 1.80. The zero-order valence-corrected chi connectivity index (χ0v) is 12.7. The number of amidine groups is 1. The third kappa shape index (κ3) is 2.92. The molecule has 0 amide bonds. The fourth-order valence-electron chi connectivity index (χ4n) is 2.14. The minimum atomic E-state index is 0.455. The molecule has 0 bridgehead atoms. The molecule has 0 spiro atoms. The van der Waals surface area contributed by atoms with Crippen LogP contribution < -0.4 is 5.32 Å². The topological polar surface area (TPSA) is 37.3 Å². The Hall–Kier alpha value is -1.07. The summed E-state index contributed by atoms with van der Waals surface area (Å²) < 4.78 is 1.21. The fraction of sp³-hybridized carbons (Fsp3) is 0.429. The Kier molecular flexibility index (Phi) is 3.75. The molecular weight excluding hydrogens is 274 g/mol. The van der Waals surface area contributed by atoms with Gasteiger partial charge in [-0.3, -0.25) is 4.99 Å². The molecule has 1 aromatic carbocycles. The quantitative estimate of drug-likeness (QED) is 0.900. The molecule has 1 aliphatic rings. The third-order valence-corrected chi connectivity index (χ3v) is 5.00. The maximum atomic E-state index is 4.80. The summed E-state index contributed by atoms with van der Waals surface area (Å²) in [6.07, 6.45) is 1.18. The molecule has 2 aromatic rings. The Morgan fingerprint density at radius 3 is 3.11 bits per heavy atom. The highest BCUT2D eigenvalue weighted by molar-refractivity contribution is 8.14. The first-order valence-corrected chi connectivity index (χ1v) is 8.40. The van der Waals surface area contributed by atoms with Crippen LogP contribution in [-0.4, -0.2) is 21.9 Å². The summed E-state index contributed by atoms with van der Waals surface area (Å²) in [5.41, 5.74) is 4.05. The lowest BCUT2D eigenvalue weighted by molar-refractivity contribution is 0.485. The average Bonchev–Trinajstić information content (AvgIpc) is 2.86. The first-order valence-electron chi connectivity index (χ1n) is 6.53. The molecule has 0 fully saturated rings. The van der Waals surface area contributed by atoms with Gasteiger partial charge in [0.05, 0.1) is 21.8 Å². The lowest BCUT2D eigenvalue weighted by atomic mass is 10.0. The van der Waals surface area contributed by atoms with Crippen molar-refractivity contribution in [1.82, 2.24) is 4.98 Å². The van der Waals surface area contributed by atoms with Crippen molar-refractivity contribution in [2.24, 2.45) is 10.9 Å². The standard InChI is InChI=1S/C14H17N3S2/c1-9(2)11-5-6-18-14(17-11)16-10-3-4-12-13(7-10)19-8-15-12/h3-4,7-9,11H,5-6H2,1-2H3,(H,16,17). The molecule has 100 valence electrons. The second-order valence-electron chi connectivity index (χ2n) is 5.04. The van der Waals surface area contributed by atoms with Crippen LogP contribution in [-0.2, 0) is 0 Å². The molecule has 2 heterocycles. The van der Waals surface area contributed by atoms with Crippen molar-refractivity contribution in [3.05, 3.63) is 23.7 Å². The molecule has 19 heavy (non-hydrogen) atoms. The molecule has 0 saturated carbocycles. The van der Waals surface area contributed by atoms with Gasteiger partial charge in [0.2, 0.25) is 0 Å². The maximum absolute atomic E-state index is 4.80. The monoisotopic (exact) mass is 291 g/mol. The van der Waals surface area contributed by atoms with E-state index in [4.69, 9.17) is 4.99 Å². The number of nitrogens with one attached hydrogen (secondary N) is 1. The number of nitrogens with zero attached hydrogens (tertiary/aromatic N) is 2. The van der Waals surface area contributed by atoms with Gasteiger partial charge in [0.1, 0.15) is 0 Å². The summed E-state index contributed by atoms with van der Waals surface area (Å²) in [7, 11) is 0. The predicted molar refractivity (Wildman–Crippen MR) is 86.4 cm³/mol. The second kappa shape index (κ2) is 5.51. The van der Waals surface area contributed by atoms with Crippen LogP contribution in [0.3, 0.4) is 0 Å². The molecular formula is C14H17N3S2. The molecule has 0 saturated heterocycles. The average molecular weight is 291 g/mol. The number of thioether (sulfide) groups is 1. The minimum Gasteiger partial charge on any atom is -0.335 e. The molecule has 1 aliphatic heterocycles. The molecule has 0 radical (unpaired) electrons. The zero-order chi connectivity index (χ0) is 13.2. The van der Waals surface area contributed by atoms with Gasteiger partial charge in [-0.2, -0.15) is 0 Å². The van der Waals surface area contributed by atoms with Gasteiger partial charge in [-0.15, -0.1) is 11.3 Å². The highest BCUT2D eigenvalue weighted by Gasteiger charge is 2.18. The van der Waals surface area contributed by atoms with Crippen LogP contribution in [0.15, 0.2) is 28.7 Å². The van der Waals surface area contributed by atoms with E-state index in [1.54, 1.807) is 11.3 Å². The molecule has 0 aliphatic carbocycles. The smallest absolute Gasteiger partial charge is 0.161 e. The van der Waals surface area contributed by atoms with E-state index >= 15 is 0 Å². The Bertz CT molecular complexity index is 604. The van der Waals surface area contributed by atoms with Gasteiger partial charge < -0.3 is 5.32 Å². The molecule has 1 N–H and O–H groups in total. The Morgan fingerprint density at radius 2 is 2.26 bits per heavy atom.